The summed E-state index contributed by atoms with van der Waals surface area (Å²) >= 11 is 3.37. The van der Waals surface area contributed by atoms with Gasteiger partial charge in [0, 0.05) is 12.6 Å². The first-order valence-electron chi connectivity index (χ1n) is 6.34. The standard InChI is InChI=1S/C12H19BrN4O/c1-8(2)17-12(18)11(13)10(7-15-17)16-9-4-3-5-14-6-9/h7-9,14,16H,3-6H2,1-2H3. The Morgan fingerprint density at radius 1 is 1.61 bits per heavy atom. The van der Waals surface area contributed by atoms with Gasteiger partial charge in [-0.1, -0.05) is 0 Å². The fourth-order valence-corrected chi connectivity index (χ4v) is 2.51. The van der Waals surface area contributed by atoms with Gasteiger partial charge in [0.1, 0.15) is 4.47 Å². The highest BCUT2D eigenvalue weighted by atomic mass is 79.9. The lowest BCUT2D eigenvalue weighted by Gasteiger charge is -2.25. The van der Waals surface area contributed by atoms with Gasteiger partial charge in [-0.05, 0) is 49.2 Å². The van der Waals surface area contributed by atoms with Crippen molar-refractivity contribution in [1.29, 1.82) is 0 Å². The van der Waals surface area contributed by atoms with Gasteiger partial charge in [-0.2, -0.15) is 5.10 Å². The summed E-state index contributed by atoms with van der Waals surface area (Å²) in [6, 6.07) is 0.436. The second kappa shape index (κ2) is 5.84. The zero-order chi connectivity index (χ0) is 13.1. The molecule has 0 bridgehead atoms. The summed E-state index contributed by atoms with van der Waals surface area (Å²) in [6.07, 6.45) is 4.00. The van der Waals surface area contributed by atoms with Crippen LogP contribution >= 0.6 is 15.9 Å². The molecule has 0 aliphatic carbocycles. The number of nitrogens with zero attached hydrogens (tertiary/aromatic N) is 2. The predicted molar refractivity (Wildman–Crippen MR) is 76.1 cm³/mol. The lowest BCUT2D eigenvalue weighted by molar-refractivity contribution is 0.476. The van der Waals surface area contributed by atoms with E-state index in [1.165, 1.54) is 4.68 Å². The van der Waals surface area contributed by atoms with Crippen molar-refractivity contribution >= 4 is 21.6 Å². The van der Waals surface area contributed by atoms with E-state index in [0.717, 1.165) is 31.6 Å². The predicted octanol–water partition coefficient (Wildman–Crippen LogP) is 1.75. The molecular formula is C12H19BrN4O. The van der Waals surface area contributed by atoms with E-state index in [0.29, 0.717) is 10.5 Å². The highest BCUT2D eigenvalue weighted by Gasteiger charge is 2.16. The zero-order valence-electron chi connectivity index (χ0n) is 10.7. The molecule has 0 saturated carbocycles. The van der Waals surface area contributed by atoms with E-state index in [9.17, 15) is 4.79 Å². The van der Waals surface area contributed by atoms with Gasteiger partial charge in [0.2, 0.25) is 0 Å². The first-order chi connectivity index (χ1) is 8.59. The fraction of sp³-hybridized carbons (Fsp3) is 0.667. The molecule has 2 N–H and O–H groups in total. The molecule has 1 saturated heterocycles. The SMILES string of the molecule is CC(C)n1ncc(NC2CCCNC2)c(Br)c1=O. The topological polar surface area (TPSA) is 59.0 Å². The van der Waals surface area contributed by atoms with E-state index in [4.69, 9.17) is 0 Å². The maximum absolute atomic E-state index is 12.1. The number of hydrogen-bond acceptors (Lipinski definition) is 4. The second-order valence-electron chi connectivity index (χ2n) is 4.90. The van der Waals surface area contributed by atoms with Crippen LogP contribution in [0.15, 0.2) is 15.5 Å². The third kappa shape index (κ3) is 2.92. The first kappa shape index (κ1) is 13.5. The smallest absolute Gasteiger partial charge is 0.283 e. The molecule has 2 rings (SSSR count). The van der Waals surface area contributed by atoms with Crippen molar-refractivity contribution in [1.82, 2.24) is 15.1 Å². The largest absolute Gasteiger partial charge is 0.379 e. The van der Waals surface area contributed by atoms with E-state index >= 15 is 0 Å². The summed E-state index contributed by atoms with van der Waals surface area (Å²) in [5, 5.41) is 10.9. The van der Waals surface area contributed by atoms with Crippen molar-refractivity contribution in [3.05, 3.63) is 21.0 Å². The number of nitrogens with one attached hydrogen (secondary N) is 2. The van der Waals surface area contributed by atoms with Gasteiger partial charge in [0.05, 0.1) is 17.9 Å². The number of aromatic nitrogens is 2. The van der Waals surface area contributed by atoms with Crippen molar-refractivity contribution in [2.45, 2.75) is 38.8 Å². The summed E-state index contributed by atoms with van der Waals surface area (Å²) in [7, 11) is 0. The molecule has 1 aromatic heterocycles. The third-order valence-corrected chi connectivity index (χ3v) is 3.86. The van der Waals surface area contributed by atoms with E-state index in [2.05, 4.69) is 31.7 Å². The molecule has 18 heavy (non-hydrogen) atoms. The van der Waals surface area contributed by atoms with Gasteiger partial charge < -0.3 is 10.6 Å². The molecule has 1 atom stereocenters. The Labute approximate surface area is 115 Å². The second-order valence-corrected chi connectivity index (χ2v) is 5.70. The van der Waals surface area contributed by atoms with Crippen LogP contribution < -0.4 is 16.2 Å². The minimum Gasteiger partial charge on any atom is -0.379 e. The summed E-state index contributed by atoms with van der Waals surface area (Å²) < 4.78 is 2.05. The minimum absolute atomic E-state index is 0.0687. The summed E-state index contributed by atoms with van der Waals surface area (Å²) in [5.74, 6) is 0. The number of anilines is 1. The molecule has 0 spiro atoms. The van der Waals surface area contributed by atoms with Crippen molar-refractivity contribution in [3.63, 3.8) is 0 Å². The maximum atomic E-state index is 12.1. The highest BCUT2D eigenvalue weighted by molar-refractivity contribution is 9.10. The van der Waals surface area contributed by atoms with Crippen LogP contribution in [-0.2, 0) is 0 Å². The van der Waals surface area contributed by atoms with Crippen LogP contribution in [0, 0.1) is 0 Å². The van der Waals surface area contributed by atoms with E-state index in [1.54, 1.807) is 6.20 Å². The Morgan fingerprint density at radius 2 is 2.39 bits per heavy atom. The molecular weight excluding hydrogens is 296 g/mol. The number of rotatable bonds is 3. The van der Waals surface area contributed by atoms with Crippen LogP contribution in [-0.4, -0.2) is 28.9 Å². The van der Waals surface area contributed by atoms with Crippen LogP contribution in [0.1, 0.15) is 32.7 Å². The Morgan fingerprint density at radius 3 is 3.00 bits per heavy atom. The summed E-state index contributed by atoms with van der Waals surface area (Å²) in [5.41, 5.74) is 0.698. The van der Waals surface area contributed by atoms with Crippen LogP contribution in [0.4, 0.5) is 5.69 Å². The van der Waals surface area contributed by atoms with Crippen molar-refractivity contribution in [3.8, 4) is 0 Å². The van der Waals surface area contributed by atoms with Crippen LogP contribution in [0.5, 0.6) is 0 Å². The van der Waals surface area contributed by atoms with Crippen molar-refractivity contribution in [2.24, 2.45) is 0 Å². The van der Waals surface area contributed by atoms with Crippen LogP contribution in [0.3, 0.4) is 0 Å². The van der Waals surface area contributed by atoms with Crippen molar-refractivity contribution in [2.75, 3.05) is 18.4 Å². The molecule has 2 heterocycles. The summed E-state index contributed by atoms with van der Waals surface area (Å²) in [4.78, 5) is 12.1. The molecule has 6 heteroatoms. The van der Waals surface area contributed by atoms with Gasteiger partial charge >= 0.3 is 0 Å². The van der Waals surface area contributed by atoms with Crippen LogP contribution in [0.2, 0.25) is 0 Å². The third-order valence-electron chi connectivity index (χ3n) is 3.09. The molecule has 1 aliphatic heterocycles. The fourth-order valence-electron chi connectivity index (χ4n) is 2.11. The van der Waals surface area contributed by atoms with Gasteiger partial charge in [0.15, 0.2) is 0 Å². The monoisotopic (exact) mass is 314 g/mol. The quantitative estimate of drug-likeness (QED) is 0.892. The van der Waals surface area contributed by atoms with E-state index < -0.39 is 0 Å². The number of halogens is 1. The van der Waals surface area contributed by atoms with Gasteiger partial charge in [-0.15, -0.1) is 0 Å². The first-order valence-corrected chi connectivity index (χ1v) is 7.13. The molecule has 5 nitrogen and oxygen atoms in total. The Bertz CT molecular complexity index is 466. The number of piperidine rings is 1. The average molecular weight is 315 g/mol. The van der Waals surface area contributed by atoms with Gasteiger partial charge in [0.25, 0.3) is 5.56 Å². The van der Waals surface area contributed by atoms with Gasteiger partial charge in [-0.25, -0.2) is 4.68 Å². The molecule has 1 aromatic rings. The molecule has 0 aromatic carbocycles. The maximum Gasteiger partial charge on any atom is 0.283 e. The molecule has 0 amide bonds. The summed E-state index contributed by atoms with van der Waals surface area (Å²) in [6.45, 7) is 5.89. The van der Waals surface area contributed by atoms with E-state index in [1.807, 2.05) is 13.8 Å². The van der Waals surface area contributed by atoms with E-state index in [-0.39, 0.29) is 11.6 Å². The lowest BCUT2D eigenvalue weighted by Crippen LogP contribution is -2.39. The highest BCUT2D eigenvalue weighted by Crippen LogP contribution is 2.19. The lowest BCUT2D eigenvalue weighted by atomic mass is 10.1. The average Bonchev–Trinajstić information content (AvgIpc) is 2.36. The Hall–Kier alpha value is -0.880. The minimum atomic E-state index is -0.0845. The van der Waals surface area contributed by atoms with Gasteiger partial charge in [-0.3, -0.25) is 4.79 Å². The normalized spacial score (nSPS) is 20.1. The van der Waals surface area contributed by atoms with Crippen LogP contribution in [0.25, 0.3) is 0 Å². The Kier molecular flexibility index (Phi) is 4.40. The van der Waals surface area contributed by atoms with Crippen molar-refractivity contribution < 1.29 is 0 Å². The molecule has 1 fully saturated rings. The molecule has 0 radical (unpaired) electrons. The number of hydrogen-bond donors (Lipinski definition) is 2. The Balaban J connectivity index is 2.19. The zero-order valence-corrected chi connectivity index (χ0v) is 12.3. The molecule has 1 aliphatic rings. The molecule has 1 unspecified atom stereocenters. The molecule has 100 valence electrons.